The molecular weight excluding hydrogens is 260 g/mol. The number of aryl methyl sites for hydroxylation is 1. The first-order chi connectivity index (χ1) is 10.2. The lowest BCUT2D eigenvalue weighted by Crippen LogP contribution is -2.03. The second-order valence-corrected chi connectivity index (χ2v) is 5.16. The van der Waals surface area contributed by atoms with Crippen LogP contribution in [0.3, 0.4) is 0 Å². The fourth-order valence-corrected chi connectivity index (χ4v) is 2.27. The zero-order chi connectivity index (χ0) is 15.1. The van der Waals surface area contributed by atoms with E-state index in [1.807, 2.05) is 42.5 Å². The van der Waals surface area contributed by atoms with E-state index in [2.05, 4.69) is 19.9 Å². The average Bonchev–Trinajstić information content (AvgIpc) is 2.53. The van der Waals surface area contributed by atoms with Crippen LogP contribution in [0.25, 0.3) is 0 Å². The van der Waals surface area contributed by atoms with E-state index in [0.29, 0.717) is 12.2 Å². The van der Waals surface area contributed by atoms with Crippen molar-refractivity contribution in [2.75, 3.05) is 6.61 Å². The molecule has 2 aromatic carbocycles. The fourth-order valence-electron chi connectivity index (χ4n) is 2.27. The maximum atomic E-state index is 12.6. The topological polar surface area (TPSA) is 26.3 Å². The summed E-state index contributed by atoms with van der Waals surface area (Å²) >= 11 is 0. The maximum absolute atomic E-state index is 12.6. The van der Waals surface area contributed by atoms with Crippen molar-refractivity contribution in [2.45, 2.75) is 33.1 Å². The Balaban J connectivity index is 2.21. The quantitative estimate of drug-likeness (QED) is 0.690. The van der Waals surface area contributed by atoms with E-state index in [1.165, 1.54) is 5.56 Å². The van der Waals surface area contributed by atoms with E-state index < -0.39 is 0 Å². The zero-order valence-electron chi connectivity index (χ0n) is 12.8. The van der Waals surface area contributed by atoms with Gasteiger partial charge in [-0.3, -0.25) is 4.79 Å². The number of benzene rings is 2. The molecule has 0 N–H and O–H groups in total. The van der Waals surface area contributed by atoms with Gasteiger partial charge in [-0.05, 0) is 36.6 Å². The van der Waals surface area contributed by atoms with E-state index in [4.69, 9.17) is 4.74 Å². The largest absolute Gasteiger partial charge is 0.494 e. The zero-order valence-corrected chi connectivity index (χ0v) is 12.8. The summed E-state index contributed by atoms with van der Waals surface area (Å²) in [6.07, 6.45) is 3.04. The minimum absolute atomic E-state index is 0.0508. The highest BCUT2D eigenvalue weighted by Crippen LogP contribution is 2.18. The second-order valence-electron chi connectivity index (χ2n) is 5.16. The normalized spacial score (nSPS) is 10.4. The molecule has 21 heavy (non-hydrogen) atoms. The first-order valence-corrected chi connectivity index (χ1v) is 7.61. The van der Waals surface area contributed by atoms with Crippen LogP contribution in [-0.2, 0) is 6.42 Å². The third-order valence-electron chi connectivity index (χ3n) is 3.30. The van der Waals surface area contributed by atoms with Gasteiger partial charge in [0.2, 0.25) is 0 Å². The van der Waals surface area contributed by atoms with E-state index in [1.54, 1.807) is 0 Å². The molecule has 0 saturated heterocycles. The summed E-state index contributed by atoms with van der Waals surface area (Å²) < 4.78 is 5.59. The molecule has 0 spiro atoms. The Bertz CT molecular complexity index is 602. The number of ketones is 1. The molecule has 0 atom stereocenters. The van der Waals surface area contributed by atoms with Crippen LogP contribution in [0.5, 0.6) is 5.75 Å². The molecule has 0 aliphatic rings. The van der Waals surface area contributed by atoms with Crippen molar-refractivity contribution >= 4 is 5.78 Å². The molecule has 0 heterocycles. The summed E-state index contributed by atoms with van der Waals surface area (Å²) in [6.45, 7) is 4.88. The van der Waals surface area contributed by atoms with Crippen molar-refractivity contribution < 1.29 is 9.53 Å². The molecule has 0 unspecified atom stereocenters. The van der Waals surface area contributed by atoms with Crippen LogP contribution in [0.15, 0.2) is 48.5 Å². The second kappa shape index (κ2) is 7.63. The molecule has 0 saturated carbocycles. The number of carbonyl (C=O) groups excluding carboxylic acids is 1. The number of hydrogen-bond donors (Lipinski definition) is 0. The third-order valence-corrected chi connectivity index (χ3v) is 3.30. The smallest absolute Gasteiger partial charge is 0.193 e. The van der Waals surface area contributed by atoms with Gasteiger partial charge < -0.3 is 4.74 Å². The molecule has 2 nitrogen and oxygen atoms in total. The standard InChI is InChI=1S/C19H22O2/c1-3-7-15-8-5-9-16(13-15)19(20)17-10-6-11-18(14-17)21-12-4-2/h5-6,8-11,13-14H,3-4,7,12H2,1-2H3. The van der Waals surface area contributed by atoms with E-state index in [0.717, 1.165) is 30.6 Å². The van der Waals surface area contributed by atoms with Crippen LogP contribution < -0.4 is 4.74 Å². The van der Waals surface area contributed by atoms with Crippen molar-refractivity contribution in [1.82, 2.24) is 0 Å². The van der Waals surface area contributed by atoms with Gasteiger partial charge in [-0.25, -0.2) is 0 Å². The van der Waals surface area contributed by atoms with Gasteiger partial charge in [0.25, 0.3) is 0 Å². The van der Waals surface area contributed by atoms with Gasteiger partial charge >= 0.3 is 0 Å². The Morgan fingerprint density at radius 3 is 2.38 bits per heavy atom. The Kier molecular flexibility index (Phi) is 5.56. The molecule has 0 amide bonds. The lowest BCUT2D eigenvalue weighted by molar-refractivity contribution is 0.103. The molecule has 2 heteroatoms. The highest BCUT2D eigenvalue weighted by Gasteiger charge is 2.10. The van der Waals surface area contributed by atoms with Crippen LogP contribution in [0.1, 0.15) is 48.2 Å². The molecule has 2 aromatic rings. The van der Waals surface area contributed by atoms with Gasteiger partial charge in [-0.1, -0.05) is 50.6 Å². The first-order valence-electron chi connectivity index (χ1n) is 7.61. The molecule has 0 bridgehead atoms. The van der Waals surface area contributed by atoms with Crippen LogP contribution in [0.4, 0.5) is 0 Å². The predicted molar refractivity (Wildman–Crippen MR) is 86.1 cm³/mol. The maximum Gasteiger partial charge on any atom is 0.193 e. The Morgan fingerprint density at radius 2 is 1.67 bits per heavy atom. The number of rotatable bonds is 7. The summed E-state index contributed by atoms with van der Waals surface area (Å²) in [5.41, 5.74) is 2.63. The summed E-state index contributed by atoms with van der Waals surface area (Å²) in [6, 6.07) is 15.3. The molecule has 0 fully saturated rings. The third kappa shape index (κ3) is 4.19. The van der Waals surface area contributed by atoms with Gasteiger partial charge in [-0.15, -0.1) is 0 Å². The van der Waals surface area contributed by atoms with Crippen molar-refractivity contribution in [3.05, 3.63) is 65.2 Å². The van der Waals surface area contributed by atoms with E-state index in [-0.39, 0.29) is 5.78 Å². The van der Waals surface area contributed by atoms with Gasteiger partial charge in [0, 0.05) is 11.1 Å². The minimum Gasteiger partial charge on any atom is -0.494 e. The molecule has 110 valence electrons. The Morgan fingerprint density at radius 1 is 0.952 bits per heavy atom. The Hall–Kier alpha value is -2.09. The summed E-state index contributed by atoms with van der Waals surface area (Å²) in [7, 11) is 0. The van der Waals surface area contributed by atoms with Crippen molar-refractivity contribution in [2.24, 2.45) is 0 Å². The van der Waals surface area contributed by atoms with Crippen LogP contribution in [0, 0.1) is 0 Å². The molecule has 0 aliphatic heterocycles. The SMILES string of the molecule is CCCOc1cccc(C(=O)c2cccc(CCC)c2)c1. The molecule has 0 aliphatic carbocycles. The van der Waals surface area contributed by atoms with Gasteiger partial charge in [0.05, 0.1) is 6.61 Å². The number of ether oxygens (including phenoxy) is 1. The summed E-state index contributed by atoms with van der Waals surface area (Å²) in [5.74, 6) is 0.808. The number of carbonyl (C=O) groups is 1. The van der Waals surface area contributed by atoms with Crippen LogP contribution >= 0.6 is 0 Å². The van der Waals surface area contributed by atoms with E-state index in [9.17, 15) is 4.79 Å². The predicted octanol–water partition coefficient (Wildman–Crippen LogP) is 4.66. The first kappa shape index (κ1) is 15.3. The van der Waals surface area contributed by atoms with Gasteiger partial charge in [0.1, 0.15) is 5.75 Å². The van der Waals surface area contributed by atoms with Crippen LogP contribution in [-0.4, -0.2) is 12.4 Å². The lowest BCUT2D eigenvalue weighted by atomic mass is 10.00. The molecular formula is C19H22O2. The Labute approximate surface area is 126 Å². The minimum atomic E-state index is 0.0508. The lowest BCUT2D eigenvalue weighted by Gasteiger charge is -2.07. The molecule has 0 radical (unpaired) electrons. The summed E-state index contributed by atoms with van der Waals surface area (Å²) in [5, 5.41) is 0. The van der Waals surface area contributed by atoms with Gasteiger partial charge in [0.15, 0.2) is 5.78 Å². The molecule has 2 rings (SSSR count). The van der Waals surface area contributed by atoms with Crippen molar-refractivity contribution in [3.63, 3.8) is 0 Å². The van der Waals surface area contributed by atoms with Crippen LogP contribution in [0.2, 0.25) is 0 Å². The number of hydrogen-bond acceptors (Lipinski definition) is 2. The van der Waals surface area contributed by atoms with Crippen molar-refractivity contribution in [1.29, 1.82) is 0 Å². The van der Waals surface area contributed by atoms with E-state index >= 15 is 0 Å². The fraction of sp³-hybridized carbons (Fsp3) is 0.316. The highest BCUT2D eigenvalue weighted by atomic mass is 16.5. The average molecular weight is 282 g/mol. The highest BCUT2D eigenvalue weighted by molar-refractivity contribution is 6.09. The van der Waals surface area contributed by atoms with Crippen molar-refractivity contribution in [3.8, 4) is 5.75 Å². The monoisotopic (exact) mass is 282 g/mol. The summed E-state index contributed by atoms with van der Waals surface area (Å²) in [4.78, 5) is 12.6. The van der Waals surface area contributed by atoms with Gasteiger partial charge in [-0.2, -0.15) is 0 Å². The molecule has 0 aromatic heterocycles.